The van der Waals surface area contributed by atoms with Gasteiger partial charge in [-0.15, -0.1) is 0 Å². The molecule has 1 aromatic carbocycles. The van der Waals surface area contributed by atoms with Crippen LogP contribution in [0.4, 0.5) is 5.69 Å². The molecule has 2 rings (SSSR count). The van der Waals surface area contributed by atoms with Gasteiger partial charge < -0.3 is 5.32 Å². The number of nitrogens with one attached hydrogen (secondary N) is 2. The number of sulfonamides is 1. The van der Waals surface area contributed by atoms with Gasteiger partial charge in [0.05, 0.1) is 6.20 Å². The van der Waals surface area contributed by atoms with Crippen LogP contribution in [0.25, 0.3) is 0 Å². The number of aromatic nitrogens is 2. The fraction of sp³-hybridized carbons (Fsp3) is 0.250. The molecule has 7 heteroatoms. The van der Waals surface area contributed by atoms with Gasteiger partial charge in [-0.3, -0.25) is 9.40 Å². The van der Waals surface area contributed by atoms with E-state index in [9.17, 15) is 8.42 Å². The first kappa shape index (κ1) is 13.6. The molecule has 0 atom stereocenters. The molecule has 0 unspecified atom stereocenters. The molecule has 6 nitrogen and oxygen atoms in total. The smallest absolute Gasteiger partial charge is 0.265 e. The van der Waals surface area contributed by atoms with Crippen LogP contribution < -0.4 is 10.0 Å². The quantitative estimate of drug-likeness (QED) is 0.854. The van der Waals surface area contributed by atoms with Crippen LogP contribution in [0, 0.1) is 0 Å². The summed E-state index contributed by atoms with van der Waals surface area (Å²) in [7, 11) is -0.0650. The van der Waals surface area contributed by atoms with Gasteiger partial charge in [0, 0.05) is 25.5 Å². The molecule has 2 aromatic rings. The van der Waals surface area contributed by atoms with Crippen molar-refractivity contribution in [3.63, 3.8) is 0 Å². The maximum atomic E-state index is 12.1. The SMILES string of the molecule is CNCc1cccc(NS(=O)(=O)c2cnn(C)c2)c1. The number of hydrogen-bond acceptors (Lipinski definition) is 4. The molecule has 2 N–H and O–H groups in total. The highest BCUT2D eigenvalue weighted by atomic mass is 32.2. The molecule has 0 fully saturated rings. The van der Waals surface area contributed by atoms with Crippen LogP contribution in [0.15, 0.2) is 41.6 Å². The highest BCUT2D eigenvalue weighted by molar-refractivity contribution is 7.92. The van der Waals surface area contributed by atoms with Crippen LogP contribution >= 0.6 is 0 Å². The summed E-state index contributed by atoms with van der Waals surface area (Å²) in [6.45, 7) is 0.683. The summed E-state index contributed by atoms with van der Waals surface area (Å²) in [4.78, 5) is 0.147. The van der Waals surface area contributed by atoms with Crippen molar-refractivity contribution in [3.8, 4) is 0 Å². The van der Waals surface area contributed by atoms with E-state index in [2.05, 4.69) is 15.1 Å². The van der Waals surface area contributed by atoms with E-state index in [0.717, 1.165) is 5.56 Å². The third-order valence-corrected chi connectivity index (χ3v) is 3.89. The van der Waals surface area contributed by atoms with Crippen molar-refractivity contribution < 1.29 is 8.42 Å². The number of benzene rings is 1. The summed E-state index contributed by atoms with van der Waals surface area (Å²) in [6.07, 6.45) is 2.78. The van der Waals surface area contributed by atoms with Crippen molar-refractivity contribution in [1.29, 1.82) is 0 Å². The Bertz CT molecular complexity index is 664. The van der Waals surface area contributed by atoms with Crippen LogP contribution in [0.3, 0.4) is 0 Å². The van der Waals surface area contributed by atoms with Gasteiger partial charge in [-0.2, -0.15) is 5.10 Å². The molecule has 1 aromatic heterocycles. The number of nitrogens with zero attached hydrogens (tertiary/aromatic N) is 2. The van der Waals surface area contributed by atoms with E-state index in [0.29, 0.717) is 12.2 Å². The van der Waals surface area contributed by atoms with Crippen LogP contribution in [-0.4, -0.2) is 25.2 Å². The number of aryl methyl sites for hydroxylation is 1. The van der Waals surface area contributed by atoms with Crippen molar-refractivity contribution in [2.24, 2.45) is 7.05 Å². The lowest BCUT2D eigenvalue weighted by Gasteiger charge is -2.08. The number of hydrogen-bond donors (Lipinski definition) is 2. The summed E-state index contributed by atoms with van der Waals surface area (Å²) in [6, 6.07) is 7.25. The zero-order chi connectivity index (χ0) is 13.9. The van der Waals surface area contributed by atoms with E-state index in [1.807, 2.05) is 19.2 Å². The molecule has 19 heavy (non-hydrogen) atoms. The van der Waals surface area contributed by atoms with Gasteiger partial charge in [-0.1, -0.05) is 12.1 Å². The van der Waals surface area contributed by atoms with Gasteiger partial charge in [0.1, 0.15) is 4.90 Å². The zero-order valence-electron chi connectivity index (χ0n) is 10.8. The Morgan fingerprint density at radius 3 is 2.79 bits per heavy atom. The molecule has 0 amide bonds. The molecule has 0 aliphatic rings. The number of anilines is 1. The zero-order valence-corrected chi connectivity index (χ0v) is 11.6. The van der Waals surface area contributed by atoms with Gasteiger partial charge >= 0.3 is 0 Å². The average molecular weight is 280 g/mol. The lowest BCUT2D eigenvalue weighted by atomic mass is 10.2. The molecule has 0 saturated heterocycles. The predicted octanol–water partition coefficient (Wildman–Crippen LogP) is 0.940. The van der Waals surface area contributed by atoms with E-state index in [-0.39, 0.29) is 4.90 Å². The van der Waals surface area contributed by atoms with Crippen LogP contribution in [-0.2, 0) is 23.6 Å². The van der Waals surface area contributed by atoms with Crippen LogP contribution in [0.5, 0.6) is 0 Å². The maximum Gasteiger partial charge on any atom is 0.265 e. The van der Waals surface area contributed by atoms with Crippen molar-refractivity contribution in [2.45, 2.75) is 11.4 Å². The first-order chi connectivity index (χ1) is 9.01. The lowest BCUT2D eigenvalue weighted by molar-refractivity contribution is 0.601. The fourth-order valence-electron chi connectivity index (χ4n) is 1.70. The Kier molecular flexibility index (Phi) is 3.87. The predicted molar refractivity (Wildman–Crippen MR) is 73.2 cm³/mol. The normalized spacial score (nSPS) is 11.5. The van der Waals surface area contributed by atoms with E-state index in [1.165, 1.54) is 17.1 Å². The second kappa shape index (κ2) is 5.41. The van der Waals surface area contributed by atoms with Crippen molar-refractivity contribution in [1.82, 2.24) is 15.1 Å². The maximum absolute atomic E-state index is 12.1. The first-order valence-electron chi connectivity index (χ1n) is 5.76. The summed E-state index contributed by atoms with van der Waals surface area (Å²) in [5, 5.41) is 6.88. The Labute approximate surface area is 112 Å². The third-order valence-electron chi connectivity index (χ3n) is 2.55. The molecule has 0 radical (unpaired) electrons. The Morgan fingerprint density at radius 2 is 2.16 bits per heavy atom. The molecule has 0 aliphatic heterocycles. The molecule has 0 saturated carbocycles. The molecular formula is C12H16N4O2S. The van der Waals surface area contributed by atoms with Gasteiger partial charge in [0.2, 0.25) is 0 Å². The Morgan fingerprint density at radius 1 is 1.37 bits per heavy atom. The first-order valence-corrected chi connectivity index (χ1v) is 7.24. The van der Waals surface area contributed by atoms with Crippen molar-refractivity contribution >= 4 is 15.7 Å². The van der Waals surface area contributed by atoms with Crippen LogP contribution in [0.1, 0.15) is 5.56 Å². The molecular weight excluding hydrogens is 264 g/mol. The monoisotopic (exact) mass is 280 g/mol. The van der Waals surface area contributed by atoms with E-state index >= 15 is 0 Å². The topological polar surface area (TPSA) is 76.0 Å². The van der Waals surface area contributed by atoms with Gasteiger partial charge in [-0.05, 0) is 24.7 Å². The third kappa shape index (κ3) is 3.33. The van der Waals surface area contributed by atoms with Crippen molar-refractivity contribution in [2.75, 3.05) is 11.8 Å². The molecule has 0 bridgehead atoms. The minimum Gasteiger partial charge on any atom is -0.316 e. The second-order valence-corrected chi connectivity index (χ2v) is 5.87. The van der Waals surface area contributed by atoms with Gasteiger partial charge in [-0.25, -0.2) is 8.42 Å². The van der Waals surface area contributed by atoms with Gasteiger partial charge in [0.25, 0.3) is 10.0 Å². The summed E-state index contributed by atoms with van der Waals surface area (Å²) in [5.74, 6) is 0. The number of rotatable bonds is 5. The highest BCUT2D eigenvalue weighted by Crippen LogP contribution is 2.16. The lowest BCUT2D eigenvalue weighted by Crippen LogP contribution is -2.13. The fourth-order valence-corrected chi connectivity index (χ4v) is 2.73. The summed E-state index contributed by atoms with van der Waals surface area (Å²) < 4.78 is 28.2. The minimum absolute atomic E-state index is 0.147. The highest BCUT2D eigenvalue weighted by Gasteiger charge is 2.16. The standard InChI is InChI=1S/C12H16N4O2S/c1-13-7-10-4-3-5-11(6-10)15-19(17,18)12-8-14-16(2)9-12/h3-6,8-9,13,15H,7H2,1-2H3. The second-order valence-electron chi connectivity index (χ2n) is 4.19. The summed E-state index contributed by atoms with van der Waals surface area (Å²) >= 11 is 0. The largest absolute Gasteiger partial charge is 0.316 e. The average Bonchev–Trinajstić information content (AvgIpc) is 2.77. The Hall–Kier alpha value is -1.86. The molecule has 0 spiro atoms. The van der Waals surface area contributed by atoms with E-state index < -0.39 is 10.0 Å². The molecule has 0 aliphatic carbocycles. The van der Waals surface area contributed by atoms with E-state index in [1.54, 1.807) is 19.2 Å². The summed E-state index contributed by atoms with van der Waals surface area (Å²) in [5.41, 5.74) is 1.55. The van der Waals surface area contributed by atoms with Crippen LogP contribution in [0.2, 0.25) is 0 Å². The van der Waals surface area contributed by atoms with Crippen molar-refractivity contribution in [3.05, 3.63) is 42.2 Å². The minimum atomic E-state index is -3.58. The van der Waals surface area contributed by atoms with Gasteiger partial charge in [0.15, 0.2) is 0 Å². The van der Waals surface area contributed by atoms with E-state index in [4.69, 9.17) is 0 Å². The molecule has 1 heterocycles. The molecule has 102 valence electrons. The Balaban J connectivity index is 2.23.